The second kappa shape index (κ2) is 22.7. The first-order valence-electron chi connectivity index (χ1n) is 12.7. The van der Waals surface area contributed by atoms with Gasteiger partial charge in [0.25, 0.3) is 0 Å². The van der Waals surface area contributed by atoms with E-state index in [1.165, 1.54) is 109 Å². The summed E-state index contributed by atoms with van der Waals surface area (Å²) in [6, 6.07) is 0.810. The Morgan fingerprint density at radius 3 is 1.50 bits per heavy atom. The van der Waals surface area contributed by atoms with Gasteiger partial charge in [-0.15, -0.1) is 0 Å². The van der Waals surface area contributed by atoms with Crippen LogP contribution >= 0.6 is 0 Å². The van der Waals surface area contributed by atoms with Crippen LogP contribution in [0, 0.1) is 0 Å². The van der Waals surface area contributed by atoms with Gasteiger partial charge in [0.2, 0.25) is 0 Å². The summed E-state index contributed by atoms with van der Waals surface area (Å²) in [5.41, 5.74) is 0. The lowest BCUT2D eigenvalue weighted by Crippen LogP contribution is -2.27. The molecule has 0 aromatic carbocycles. The summed E-state index contributed by atoms with van der Waals surface area (Å²) in [5.74, 6) is 0. The second-order valence-corrected chi connectivity index (χ2v) is 8.84. The topological polar surface area (TPSA) is 3.24 Å². The van der Waals surface area contributed by atoms with Gasteiger partial charge in [0.1, 0.15) is 0 Å². The van der Waals surface area contributed by atoms with E-state index in [0.29, 0.717) is 0 Å². The van der Waals surface area contributed by atoms with Crippen molar-refractivity contribution in [2.75, 3.05) is 14.1 Å². The second-order valence-electron chi connectivity index (χ2n) is 8.84. The molecule has 0 aliphatic rings. The molecule has 0 bridgehead atoms. The molecule has 0 amide bonds. The lowest BCUT2D eigenvalue weighted by atomic mass is 10.00. The van der Waals surface area contributed by atoms with Gasteiger partial charge in [-0.25, -0.2) is 0 Å². The Labute approximate surface area is 179 Å². The highest BCUT2D eigenvalue weighted by atomic mass is 15.1. The monoisotopic (exact) mass is 391 g/mol. The number of allylic oxidation sites excluding steroid dienone is 4. The van der Waals surface area contributed by atoms with E-state index in [2.05, 4.69) is 57.1 Å². The molecule has 28 heavy (non-hydrogen) atoms. The van der Waals surface area contributed by atoms with Crippen LogP contribution < -0.4 is 0 Å². The van der Waals surface area contributed by atoms with Crippen LogP contribution in [0.25, 0.3) is 0 Å². The number of rotatable bonds is 21. The number of hydrogen-bond acceptors (Lipinski definition) is 1. The van der Waals surface area contributed by atoms with E-state index in [1.807, 2.05) is 0 Å². The fourth-order valence-electron chi connectivity index (χ4n) is 3.84. The summed E-state index contributed by atoms with van der Waals surface area (Å²) >= 11 is 0. The Bertz CT molecular complexity index is 342. The zero-order chi connectivity index (χ0) is 20.7. The quantitative estimate of drug-likeness (QED) is 0.139. The van der Waals surface area contributed by atoms with Crippen LogP contribution in [0.4, 0.5) is 0 Å². The highest BCUT2D eigenvalue weighted by Gasteiger charge is 2.10. The third kappa shape index (κ3) is 20.2. The van der Waals surface area contributed by atoms with Crippen LogP contribution in [-0.4, -0.2) is 25.0 Å². The van der Waals surface area contributed by atoms with Crippen molar-refractivity contribution in [1.82, 2.24) is 4.90 Å². The summed E-state index contributed by atoms with van der Waals surface area (Å²) in [7, 11) is 4.52. The van der Waals surface area contributed by atoms with Gasteiger partial charge >= 0.3 is 0 Å². The molecule has 0 fully saturated rings. The van der Waals surface area contributed by atoms with E-state index < -0.39 is 0 Å². The van der Waals surface area contributed by atoms with E-state index in [1.54, 1.807) is 0 Å². The molecule has 1 nitrogen and oxygen atoms in total. The first-order valence-corrected chi connectivity index (χ1v) is 12.7. The maximum atomic E-state index is 2.45. The Balaban J connectivity index is 3.39. The normalized spacial score (nSPS) is 13.3. The molecule has 0 aliphatic carbocycles. The van der Waals surface area contributed by atoms with Crippen LogP contribution in [0.2, 0.25) is 0 Å². The SMILES string of the molecule is CCCCCC=CCC=CCCCCCCCCCC(CCCCC)N(C)C. The molecule has 0 saturated heterocycles. The maximum Gasteiger partial charge on any atom is 0.00891 e. The van der Waals surface area contributed by atoms with Crippen molar-refractivity contribution in [3.8, 4) is 0 Å². The minimum atomic E-state index is 0.810. The Morgan fingerprint density at radius 1 is 0.536 bits per heavy atom. The summed E-state index contributed by atoms with van der Waals surface area (Å²) in [6.45, 7) is 4.57. The lowest BCUT2D eigenvalue weighted by molar-refractivity contribution is 0.252. The van der Waals surface area contributed by atoms with E-state index in [9.17, 15) is 0 Å². The van der Waals surface area contributed by atoms with E-state index in [4.69, 9.17) is 0 Å². The first kappa shape index (κ1) is 27.4. The average molecular weight is 392 g/mol. The van der Waals surface area contributed by atoms with Crippen molar-refractivity contribution in [2.45, 2.75) is 135 Å². The molecular formula is C27H53N. The van der Waals surface area contributed by atoms with Crippen molar-refractivity contribution >= 4 is 0 Å². The summed E-state index contributed by atoms with van der Waals surface area (Å²) < 4.78 is 0. The van der Waals surface area contributed by atoms with Gasteiger partial charge in [-0.3, -0.25) is 0 Å². The largest absolute Gasteiger partial charge is 0.306 e. The van der Waals surface area contributed by atoms with E-state index in [0.717, 1.165) is 12.5 Å². The molecule has 0 aromatic heterocycles. The summed E-state index contributed by atoms with van der Waals surface area (Å²) in [4.78, 5) is 2.45. The molecule has 166 valence electrons. The van der Waals surface area contributed by atoms with Crippen LogP contribution in [0.5, 0.6) is 0 Å². The fraction of sp³-hybridized carbons (Fsp3) is 0.852. The van der Waals surface area contributed by atoms with E-state index >= 15 is 0 Å². The molecule has 0 aliphatic heterocycles. The Morgan fingerprint density at radius 2 is 0.964 bits per heavy atom. The van der Waals surface area contributed by atoms with Gasteiger partial charge in [-0.2, -0.15) is 0 Å². The number of nitrogens with zero attached hydrogens (tertiary/aromatic N) is 1. The lowest BCUT2D eigenvalue weighted by Gasteiger charge is -2.24. The molecule has 0 radical (unpaired) electrons. The summed E-state index contributed by atoms with van der Waals surface area (Å²) in [5, 5.41) is 0. The molecule has 0 rings (SSSR count). The van der Waals surface area contributed by atoms with Crippen LogP contribution in [0.15, 0.2) is 24.3 Å². The molecule has 0 saturated carbocycles. The van der Waals surface area contributed by atoms with Crippen molar-refractivity contribution in [2.24, 2.45) is 0 Å². The molecule has 1 heteroatoms. The van der Waals surface area contributed by atoms with Gasteiger partial charge in [0, 0.05) is 6.04 Å². The molecule has 1 unspecified atom stereocenters. The van der Waals surface area contributed by atoms with Gasteiger partial charge < -0.3 is 4.90 Å². The van der Waals surface area contributed by atoms with Crippen molar-refractivity contribution < 1.29 is 0 Å². The summed E-state index contributed by atoms with van der Waals surface area (Å²) in [6.07, 6.45) is 34.0. The minimum absolute atomic E-state index is 0.810. The maximum absolute atomic E-state index is 2.45. The fourth-order valence-corrected chi connectivity index (χ4v) is 3.84. The molecule has 0 N–H and O–H groups in total. The number of hydrogen-bond donors (Lipinski definition) is 0. The zero-order valence-electron chi connectivity index (χ0n) is 20.1. The Hall–Kier alpha value is -0.560. The highest BCUT2D eigenvalue weighted by molar-refractivity contribution is 4.92. The van der Waals surface area contributed by atoms with Crippen molar-refractivity contribution in [1.29, 1.82) is 0 Å². The van der Waals surface area contributed by atoms with Crippen LogP contribution in [0.1, 0.15) is 129 Å². The van der Waals surface area contributed by atoms with Crippen LogP contribution in [-0.2, 0) is 0 Å². The molecule has 1 atom stereocenters. The van der Waals surface area contributed by atoms with Gasteiger partial charge in [0.05, 0.1) is 0 Å². The number of unbranched alkanes of at least 4 members (excludes halogenated alkanes) is 12. The predicted molar refractivity (Wildman–Crippen MR) is 130 cm³/mol. The van der Waals surface area contributed by atoms with Gasteiger partial charge in [-0.05, 0) is 59.0 Å². The highest BCUT2D eigenvalue weighted by Crippen LogP contribution is 2.16. The first-order chi connectivity index (χ1) is 13.7. The standard InChI is InChI=1S/C27H53N/c1-5-7-9-10-11-12-13-14-15-16-17-18-19-20-21-22-24-26-27(28(3)4)25-23-8-6-2/h11-12,14-15,27H,5-10,13,16-26H2,1-4H3. The van der Waals surface area contributed by atoms with Gasteiger partial charge in [0.15, 0.2) is 0 Å². The van der Waals surface area contributed by atoms with Crippen molar-refractivity contribution in [3.63, 3.8) is 0 Å². The predicted octanol–water partition coefficient (Wildman–Crippen LogP) is 9.09. The minimum Gasteiger partial charge on any atom is -0.306 e. The molecule has 0 spiro atoms. The van der Waals surface area contributed by atoms with E-state index in [-0.39, 0.29) is 0 Å². The molecular weight excluding hydrogens is 338 g/mol. The smallest absolute Gasteiger partial charge is 0.00891 e. The van der Waals surface area contributed by atoms with Crippen molar-refractivity contribution in [3.05, 3.63) is 24.3 Å². The molecule has 0 heterocycles. The Kier molecular flexibility index (Phi) is 22.3. The van der Waals surface area contributed by atoms with Gasteiger partial charge in [-0.1, -0.05) is 109 Å². The van der Waals surface area contributed by atoms with Crippen LogP contribution in [0.3, 0.4) is 0 Å². The molecule has 0 aromatic rings. The third-order valence-corrected chi connectivity index (χ3v) is 5.86. The zero-order valence-corrected chi connectivity index (χ0v) is 20.1. The third-order valence-electron chi connectivity index (χ3n) is 5.86. The average Bonchev–Trinajstić information content (AvgIpc) is 2.68.